The summed E-state index contributed by atoms with van der Waals surface area (Å²) in [5.41, 5.74) is 4.12. The van der Waals surface area contributed by atoms with E-state index in [2.05, 4.69) is 20.4 Å². The molecule has 0 saturated carbocycles. The maximum absolute atomic E-state index is 12.6. The molecule has 4 rings (SSSR count). The number of H-pyrrole nitrogens is 2. The van der Waals surface area contributed by atoms with Crippen molar-refractivity contribution >= 4 is 11.4 Å². The average molecular weight is 505 g/mol. The van der Waals surface area contributed by atoms with Gasteiger partial charge in [-0.25, -0.2) is 0 Å². The summed E-state index contributed by atoms with van der Waals surface area (Å²) >= 11 is 0. The molecule has 37 heavy (non-hydrogen) atoms. The van der Waals surface area contributed by atoms with E-state index in [1.807, 2.05) is 37.3 Å². The number of aryl methyl sites for hydroxylation is 1. The second-order valence-corrected chi connectivity index (χ2v) is 7.98. The number of hydrogen-bond donors (Lipinski definition) is 2. The Morgan fingerprint density at radius 2 is 1.38 bits per heavy atom. The number of aromatic amines is 2. The van der Waals surface area contributed by atoms with E-state index < -0.39 is 5.56 Å². The Morgan fingerprint density at radius 1 is 0.676 bits per heavy atom. The lowest BCUT2D eigenvalue weighted by Gasteiger charge is -2.15. The third kappa shape index (κ3) is 4.99. The van der Waals surface area contributed by atoms with Crippen molar-refractivity contribution in [2.45, 2.75) is 6.92 Å². The lowest BCUT2D eigenvalue weighted by Crippen LogP contribution is -1.97. The molecule has 0 amide bonds. The van der Waals surface area contributed by atoms with Gasteiger partial charge < -0.3 is 23.7 Å². The first kappa shape index (κ1) is 25.4. The minimum atomic E-state index is -0.409. The summed E-state index contributed by atoms with van der Waals surface area (Å²) < 4.78 is 27.2. The molecule has 10 nitrogen and oxygen atoms in total. The van der Waals surface area contributed by atoms with Gasteiger partial charge in [0.1, 0.15) is 11.5 Å². The number of hydrogen-bond acceptors (Lipinski definition) is 8. The third-order valence-electron chi connectivity index (χ3n) is 5.89. The van der Waals surface area contributed by atoms with E-state index in [0.29, 0.717) is 45.7 Å². The second kappa shape index (κ2) is 10.9. The molecule has 0 unspecified atom stereocenters. The highest BCUT2D eigenvalue weighted by molar-refractivity contribution is 5.78. The summed E-state index contributed by atoms with van der Waals surface area (Å²) in [4.78, 5) is 12.6. The normalized spacial score (nSPS) is 11.0. The number of nitrogens with one attached hydrogen (secondary N) is 2. The van der Waals surface area contributed by atoms with Crippen LogP contribution in [0.25, 0.3) is 22.4 Å². The van der Waals surface area contributed by atoms with Crippen LogP contribution in [0.2, 0.25) is 0 Å². The number of benzene rings is 3. The zero-order valence-electron chi connectivity index (χ0n) is 21.5. The second-order valence-electron chi connectivity index (χ2n) is 7.98. The molecule has 10 heteroatoms. The predicted octanol–water partition coefficient (Wildman–Crippen LogP) is 5.80. The van der Waals surface area contributed by atoms with Crippen molar-refractivity contribution in [1.29, 1.82) is 0 Å². The van der Waals surface area contributed by atoms with Crippen molar-refractivity contribution in [3.05, 3.63) is 64.4 Å². The molecule has 0 aliphatic heterocycles. The molecule has 0 spiro atoms. The summed E-state index contributed by atoms with van der Waals surface area (Å²) in [5.74, 6) is 2.74. The highest BCUT2D eigenvalue weighted by Gasteiger charge is 2.18. The fourth-order valence-electron chi connectivity index (χ4n) is 3.97. The van der Waals surface area contributed by atoms with E-state index in [1.54, 1.807) is 53.7 Å². The number of nitrogens with zero attached hydrogens (tertiary/aromatic N) is 2. The van der Waals surface area contributed by atoms with Crippen LogP contribution in [0.1, 0.15) is 5.56 Å². The molecule has 2 N–H and O–H groups in total. The van der Waals surface area contributed by atoms with E-state index in [1.165, 1.54) is 0 Å². The van der Waals surface area contributed by atoms with Crippen LogP contribution < -0.4 is 29.2 Å². The van der Waals surface area contributed by atoms with Crippen LogP contribution in [0.4, 0.5) is 11.4 Å². The molecule has 0 aliphatic rings. The lowest BCUT2D eigenvalue weighted by molar-refractivity contribution is 0.324. The van der Waals surface area contributed by atoms with Gasteiger partial charge in [0.15, 0.2) is 17.2 Å². The maximum Gasteiger partial charge on any atom is 0.292 e. The smallest absolute Gasteiger partial charge is 0.292 e. The summed E-state index contributed by atoms with van der Waals surface area (Å²) in [6.07, 6.45) is 0. The van der Waals surface area contributed by atoms with Crippen LogP contribution in [0.5, 0.6) is 28.7 Å². The Labute approximate surface area is 213 Å². The van der Waals surface area contributed by atoms with Crippen LogP contribution in [-0.4, -0.2) is 45.7 Å². The zero-order valence-corrected chi connectivity index (χ0v) is 21.5. The molecule has 1 heterocycles. The maximum atomic E-state index is 12.6. The Kier molecular flexibility index (Phi) is 7.47. The average Bonchev–Trinajstić information content (AvgIpc) is 3.30. The largest absolute Gasteiger partial charge is 0.497 e. The number of aromatic nitrogens is 2. The first-order chi connectivity index (χ1) is 17.9. The molecule has 0 saturated heterocycles. The van der Waals surface area contributed by atoms with Crippen LogP contribution in [0.3, 0.4) is 0 Å². The van der Waals surface area contributed by atoms with Crippen molar-refractivity contribution in [1.82, 2.24) is 10.2 Å². The highest BCUT2D eigenvalue weighted by Crippen LogP contribution is 2.42. The molecule has 3 aromatic carbocycles. The standard InChI is InChI=1S/C27H28N4O6/c1-15-7-8-17(13-20(15)16-11-22(35-4)26(37-6)23(12-16)36-5)28-30-25-24(29-31-27(25)32)19-10-9-18(33-2)14-21(19)34-3/h7-14H,1-6H3,(H2,29,31,32). The summed E-state index contributed by atoms with van der Waals surface area (Å²) in [5, 5.41) is 14.1. The van der Waals surface area contributed by atoms with Crippen molar-refractivity contribution in [2.75, 3.05) is 35.5 Å². The Balaban J connectivity index is 1.75. The zero-order chi connectivity index (χ0) is 26.5. The Hall–Kier alpha value is -4.73. The first-order valence-corrected chi connectivity index (χ1v) is 11.3. The fraction of sp³-hybridized carbons (Fsp3) is 0.222. The molecule has 0 atom stereocenters. The van der Waals surface area contributed by atoms with Gasteiger partial charge in [0.25, 0.3) is 5.56 Å². The number of rotatable bonds is 9. The van der Waals surface area contributed by atoms with E-state index in [4.69, 9.17) is 23.7 Å². The first-order valence-electron chi connectivity index (χ1n) is 11.3. The Morgan fingerprint density at radius 3 is 2.00 bits per heavy atom. The van der Waals surface area contributed by atoms with Crippen LogP contribution in [-0.2, 0) is 0 Å². The van der Waals surface area contributed by atoms with Gasteiger partial charge in [-0.2, -0.15) is 5.11 Å². The predicted molar refractivity (Wildman–Crippen MR) is 140 cm³/mol. The monoisotopic (exact) mass is 504 g/mol. The van der Waals surface area contributed by atoms with Crippen LogP contribution in [0, 0.1) is 6.92 Å². The topological polar surface area (TPSA) is 120 Å². The molecular weight excluding hydrogens is 476 g/mol. The van der Waals surface area contributed by atoms with E-state index in [-0.39, 0.29) is 5.69 Å². The summed E-state index contributed by atoms with van der Waals surface area (Å²) in [6.45, 7) is 1.99. The number of ether oxygens (including phenoxy) is 5. The lowest BCUT2D eigenvalue weighted by atomic mass is 9.99. The molecule has 4 aromatic rings. The van der Waals surface area contributed by atoms with Crippen molar-refractivity contribution < 1.29 is 23.7 Å². The molecule has 0 aliphatic carbocycles. The molecular formula is C27H28N4O6. The van der Waals surface area contributed by atoms with Crippen LogP contribution in [0.15, 0.2) is 63.6 Å². The quantitative estimate of drug-likeness (QED) is 0.278. The summed E-state index contributed by atoms with van der Waals surface area (Å²) in [7, 11) is 7.82. The fourth-order valence-corrected chi connectivity index (χ4v) is 3.97. The molecule has 192 valence electrons. The minimum Gasteiger partial charge on any atom is -0.497 e. The molecule has 0 radical (unpaired) electrons. The van der Waals surface area contributed by atoms with Gasteiger partial charge >= 0.3 is 0 Å². The van der Waals surface area contributed by atoms with Gasteiger partial charge in [-0.3, -0.25) is 15.0 Å². The van der Waals surface area contributed by atoms with Gasteiger partial charge in [0.05, 0.1) is 46.9 Å². The van der Waals surface area contributed by atoms with E-state index >= 15 is 0 Å². The molecule has 0 fully saturated rings. The molecule has 0 bridgehead atoms. The van der Waals surface area contributed by atoms with Gasteiger partial charge in [-0.05, 0) is 60.0 Å². The summed E-state index contributed by atoms with van der Waals surface area (Å²) in [6, 6.07) is 14.7. The van der Waals surface area contributed by atoms with Crippen molar-refractivity contribution in [3.63, 3.8) is 0 Å². The van der Waals surface area contributed by atoms with E-state index in [0.717, 1.165) is 16.7 Å². The number of azo groups is 1. The van der Waals surface area contributed by atoms with Gasteiger partial charge in [0.2, 0.25) is 5.75 Å². The van der Waals surface area contributed by atoms with Gasteiger partial charge in [0, 0.05) is 11.6 Å². The van der Waals surface area contributed by atoms with Crippen molar-refractivity contribution in [3.8, 4) is 51.1 Å². The van der Waals surface area contributed by atoms with E-state index in [9.17, 15) is 4.79 Å². The highest BCUT2D eigenvalue weighted by atomic mass is 16.5. The van der Waals surface area contributed by atoms with Crippen LogP contribution >= 0.6 is 0 Å². The SMILES string of the molecule is COc1ccc(-c2[nH][nH]c(=O)c2N=Nc2ccc(C)c(-c3cc(OC)c(OC)c(OC)c3)c2)c(OC)c1. The Bertz CT molecular complexity index is 1480. The van der Waals surface area contributed by atoms with Crippen molar-refractivity contribution in [2.24, 2.45) is 10.2 Å². The molecule has 1 aromatic heterocycles. The van der Waals surface area contributed by atoms with Gasteiger partial charge in [-0.15, -0.1) is 5.11 Å². The third-order valence-corrected chi connectivity index (χ3v) is 5.89. The van der Waals surface area contributed by atoms with Gasteiger partial charge in [-0.1, -0.05) is 6.07 Å². The minimum absolute atomic E-state index is 0.123. The number of methoxy groups -OCH3 is 5.